The molecule has 5 nitrogen and oxygen atoms in total. The first kappa shape index (κ1) is 15.3. The van der Waals surface area contributed by atoms with Gasteiger partial charge in [-0.05, 0) is 31.0 Å². The third-order valence-corrected chi connectivity index (χ3v) is 3.82. The fraction of sp³-hybridized carbons (Fsp3) is 0.467. The van der Waals surface area contributed by atoms with Gasteiger partial charge in [0, 0.05) is 19.5 Å². The Bertz CT molecular complexity index is 571. The first-order chi connectivity index (χ1) is 10.0. The molecule has 0 radical (unpaired) electrons. The highest BCUT2D eigenvalue weighted by Gasteiger charge is 2.27. The zero-order valence-corrected chi connectivity index (χ0v) is 11.8. The average molecular weight is 291 g/mol. The number of urea groups is 1. The fourth-order valence-corrected chi connectivity index (χ4v) is 2.59. The van der Waals surface area contributed by atoms with Crippen LogP contribution in [0.2, 0.25) is 0 Å². The van der Waals surface area contributed by atoms with Crippen molar-refractivity contribution < 1.29 is 14.3 Å². The molecule has 1 fully saturated rings. The number of anilines is 1. The number of aliphatic hydroxyl groups is 1. The number of nitriles is 1. The number of rotatable bonds is 3. The van der Waals surface area contributed by atoms with Crippen LogP contribution in [0.3, 0.4) is 0 Å². The van der Waals surface area contributed by atoms with Gasteiger partial charge in [0.15, 0.2) is 0 Å². The van der Waals surface area contributed by atoms with Crippen molar-refractivity contribution in [2.24, 2.45) is 5.92 Å². The van der Waals surface area contributed by atoms with Crippen LogP contribution in [0.1, 0.15) is 24.8 Å². The van der Waals surface area contributed by atoms with Gasteiger partial charge in [-0.2, -0.15) is 5.26 Å². The van der Waals surface area contributed by atoms with Gasteiger partial charge < -0.3 is 15.3 Å². The number of benzene rings is 1. The van der Waals surface area contributed by atoms with Crippen molar-refractivity contribution >= 4 is 11.7 Å². The van der Waals surface area contributed by atoms with Gasteiger partial charge in [-0.1, -0.05) is 6.42 Å². The molecule has 2 rings (SSSR count). The van der Waals surface area contributed by atoms with E-state index in [0.29, 0.717) is 6.54 Å². The van der Waals surface area contributed by atoms with Crippen molar-refractivity contribution in [2.45, 2.75) is 25.4 Å². The Balaban J connectivity index is 1.99. The molecule has 0 heterocycles. The monoisotopic (exact) mass is 291 g/mol. The standard InChI is InChI=1S/C15H18FN3O2/c1-19(9-10-3-2-4-14(10)20)15(21)18-13-6-5-12(16)7-11(13)8-17/h5-7,10,14,20H,2-4,9H2,1H3,(H,18,21). The maximum atomic E-state index is 13.0. The summed E-state index contributed by atoms with van der Waals surface area (Å²) in [6.45, 7) is 0.454. The molecule has 6 heteroatoms. The minimum absolute atomic E-state index is 0.0812. The van der Waals surface area contributed by atoms with Crippen molar-refractivity contribution in [3.05, 3.63) is 29.6 Å². The summed E-state index contributed by atoms with van der Waals surface area (Å²) >= 11 is 0. The Morgan fingerprint density at radius 1 is 1.57 bits per heavy atom. The van der Waals surface area contributed by atoms with E-state index in [0.717, 1.165) is 25.3 Å². The first-order valence-electron chi connectivity index (χ1n) is 6.91. The Kier molecular flexibility index (Phi) is 4.76. The number of hydrogen-bond acceptors (Lipinski definition) is 3. The van der Waals surface area contributed by atoms with E-state index in [2.05, 4.69) is 5.32 Å². The fourth-order valence-electron chi connectivity index (χ4n) is 2.59. The molecular formula is C15H18FN3O2. The topological polar surface area (TPSA) is 76.4 Å². The smallest absolute Gasteiger partial charge is 0.321 e. The van der Waals surface area contributed by atoms with Crippen LogP contribution in [0.5, 0.6) is 0 Å². The zero-order valence-electron chi connectivity index (χ0n) is 11.8. The van der Waals surface area contributed by atoms with Crippen LogP contribution in [-0.4, -0.2) is 35.7 Å². The van der Waals surface area contributed by atoms with Gasteiger partial charge in [0.1, 0.15) is 11.9 Å². The summed E-state index contributed by atoms with van der Waals surface area (Å²) in [5, 5.41) is 21.3. The van der Waals surface area contributed by atoms with E-state index in [1.165, 1.54) is 17.0 Å². The molecule has 1 aliphatic rings. The number of nitrogens with one attached hydrogen (secondary N) is 1. The predicted octanol–water partition coefficient (Wildman–Crippen LogP) is 2.32. The van der Waals surface area contributed by atoms with Crippen LogP contribution in [-0.2, 0) is 0 Å². The second-order valence-corrected chi connectivity index (χ2v) is 5.37. The summed E-state index contributed by atoms with van der Waals surface area (Å²) < 4.78 is 13.0. The van der Waals surface area contributed by atoms with E-state index < -0.39 is 5.82 Å². The van der Waals surface area contributed by atoms with Gasteiger partial charge in [0.2, 0.25) is 0 Å². The second kappa shape index (κ2) is 6.55. The van der Waals surface area contributed by atoms with Crippen LogP contribution < -0.4 is 5.32 Å². The Morgan fingerprint density at radius 3 is 2.95 bits per heavy atom. The van der Waals surface area contributed by atoms with Gasteiger partial charge in [-0.15, -0.1) is 0 Å². The van der Waals surface area contributed by atoms with E-state index >= 15 is 0 Å². The highest BCUT2D eigenvalue weighted by Crippen LogP contribution is 2.26. The maximum absolute atomic E-state index is 13.0. The molecule has 2 unspecified atom stereocenters. The third kappa shape index (κ3) is 3.70. The van der Waals surface area contributed by atoms with Crippen LogP contribution in [0.25, 0.3) is 0 Å². The molecule has 0 bridgehead atoms. The highest BCUT2D eigenvalue weighted by atomic mass is 19.1. The predicted molar refractivity (Wildman–Crippen MR) is 76.1 cm³/mol. The van der Waals surface area contributed by atoms with Crippen molar-refractivity contribution in [3.63, 3.8) is 0 Å². The number of aliphatic hydroxyl groups excluding tert-OH is 1. The van der Waals surface area contributed by atoms with E-state index in [9.17, 15) is 14.3 Å². The van der Waals surface area contributed by atoms with Crippen LogP contribution >= 0.6 is 0 Å². The minimum atomic E-state index is -0.521. The molecule has 1 aliphatic carbocycles. The quantitative estimate of drug-likeness (QED) is 0.897. The van der Waals surface area contributed by atoms with E-state index in [4.69, 9.17) is 5.26 Å². The molecule has 112 valence electrons. The van der Waals surface area contributed by atoms with Gasteiger partial charge in [-0.25, -0.2) is 9.18 Å². The van der Waals surface area contributed by atoms with Crippen molar-refractivity contribution in [3.8, 4) is 6.07 Å². The lowest BCUT2D eigenvalue weighted by Gasteiger charge is -2.23. The summed E-state index contributed by atoms with van der Waals surface area (Å²) in [7, 11) is 1.63. The number of halogens is 1. The summed E-state index contributed by atoms with van der Waals surface area (Å²) in [5.74, 6) is -0.434. The normalized spacial score (nSPS) is 20.9. The molecule has 21 heavy (non-hydrogen) atoms. The number of carbonyl (C=O) groups excluding carboxylic acids is 1. The molecule has 0 aliphatic heterocycles. The number of carbonyl (C=O) groups is 1. The Morgan fingerprint density at radius 2 is 2.33 bits per heavy atom. The van der Waals surface area contributed by atoms with Gasteiger partial charge in [0.05, 0.1) is 17.4 Å². The molecular weight excluding hydrogens is 273 g/mol. The minimum Gasteiger partial charge on any atom is -0.393 e. The van der Waals surface area contributed by atoms with E-state index in [1.807, 2.05) is 6.07 Å². The lowest BCUT2D eigenvalue weighted by molar-refractivity contribution is 0.116. The molecule has 2 atom stereocenters. The lowest BCUT2D eigenvalue weighted by Crippen LogP contribution is -2.37. The van der Waals surface area contributed by atoms with Crippen molar-refractivity contribution in [1.29, 1.82) is 5.26 Å². The molecule has 1 aromatic carbocycles. The summed E-state index contributed by atoms with van der Waals surface area (Å²) in [6, 6.07) is 5.11. The van der Waals surface area contributed by atoms with Crippen LogP contribution in [0.4, 0.5) is 14.9 Å². The highest BCUT2D eigenvalue weighted by molar-refractivity contribution is 5.90. The van der Waals surface area contributed by atoms with Crippen LogP contribution in [0, 0.1) is 23.1 Å². The van der Waals surface area contributed by atoms with Gasteiger partial charge in [0.25, 0.3) is 0 Å². The largest absolute Gasteiger partial charge is 0.393 e. The number of nitrogens with zero attached hydrogens (tertiary/aromatic N) is 2. The van der Waals surface area contributed by atoms with Crippen molar-refractivity contribution in [2.75, 3.05) is 18.9 Å². The van der Waals surface area contributed by atoms with E-state index in [-0.39, 0.29) is 29.3 Å². The number of amides is 2. The average Bonchev–Trinajstić information content (AvgIpc) is 2.86. The summed E-state index contributed by atoms with van der Waals surface area (Å²) in [6.07, 6.45) is 2.29. The molecule has 1 aromatic rings. The lowest BCUT2D eigenvalue weighted by atomic mass is 10.1. The third-order valence-electron chi connectivity index (χ3n) is 3.82. The number of hydrogen-bond donors (Lipinski definition) is 2. The van der Waals surface area contributed by atoms with Gasteiger partial charge >= 0.3 is 6.03 Å². The maximum Gasteiger partial charge on any atom is 0.321 e. The van der Waals surface area contributed by atoms with Gasteiger partial charge in [-0.3, -0.25) is 0 Å². The Labute approximate surface area is 123 Å². The molecule has 0 spiro atoms. The second-order valence-electron chi connectivity index (χ2n) is 5.37. The molecule has 0 aromatic heterocycles. The molecule has 0 saturated heterocycles. The van der Waals surface area contributed by atoms with Crippen LogP contribution in [0.15, 0.2) is 18.2 Å². The van der Waals surface area contributed by atoms with E-state index in [1.54, 1.807) is 7.05 Å². The molecule has 1 saturated carbocycles. The SMILES string of the molecule is CN(CC1CCCC1O)C(=O)Nc1ccc(F)cc1C#N. The first-order valence-corrected chi connectivity index (χ1v) is 6.91. The molecule has 2 amide bonds. The molecule has 2 N–H and O–H groups in total. The Hall–Kier alpha value is -2.13. The summed E-state index contributed by atoms with van der Waals surface area (Å²) in [4.78, 5) is 13.6. The van der Waals surface area contributed by atoms with Crippen molar-refractivity contribution in [1.82, 2.24) is 4.90 Å². The zero-order chi connectivity index (χ0) is 15.4. The summed E-state index contributed by atoms with van der Waals surface area (Å²) in [5.41, 5.74) is 0.361.